The molecule has 0 atom stereocenters. The van der Waals surface area contributed by atoms with Crippen LogP contribution in [0.1, 0.15) is 11.5 Å². The molecule has 1 aromatic rings. The number of hydrogen-bond donors (Lipinski definition) is 2. The zero-order chi connectivity index (χ0) is 14.1. The first-order valence-electron chi connectivity index (χ1n) is 5.90. The first-order chi connectivity index (χ1) is 9.17. The minimum atomic E-state index is 0.248. The summed E-state index contributed by atoms with van der Waals surface area (Å²) in [5.41, 5.74) is 5.58. The van der Waals surface area contributed by atoms with Crippen LogP contribution in [-0.4, -0.2) is 37.3 Å². The van der Waals surface area contributed by atoms with Crippen LogP contribution in [0.3, 0.4) is 0 Å². The van der Waals surface area contributed by atoms with E-state index in [0.717, 1.165) is 36.1 Å². The second-order valence-corrected chi connectivity index (χ2v) is 5.05. The van der Waals surface area contributed by atoms with Gasteiger partial charge in [-0.05, 0) is 19.2 Å². The molecule has 3 N–H and O–H groups in total. The van der Waals surface area contributed by atoms with E-state index in [2.05, 4.69) is 10.3 Å². The molecule has 0 aromatic carbocycles. The van der Waals surface area contributed by atoms with Crippen LogP contribution in [0, 0.1) is 11.5 Å². The molecule has 104 valence electrons. The van der Waals surface area contributed by atoms with E-state index in [1.54, 1.807) is 22.9 Å². The summed E-state index contributed by atoms with van der Waals surface area (Å²) in [5.74, 6) is 3.88. The fourth-order valence-electron chi connectivity index (χ4n) is 1.39. The Balaban J connectivity index is 2.23. The quantitative estimate of drug-likeness (QED) is 0.335. The number of nitrogens with two attached hydrogens (primary N) is 1. The third kappa shape index (κ3) is 5.68. The molecule has 0 radical (unpaired) electrons. The van der Waals surface area contributed by atoms with Gasteiger partial charge in [-0.15, -0.1) is 4.99 Å². The average molecular weight is 281 g/mol. The average Bonchev–Trinajstić information content (AvgIpc) is 2.83. The van der Waals surface area contributed by atoms with Crippen molar-refractivity contribution in [3.8, 4) is 6.19 Å². The topological polar surface area (TPSA) is 90.6 Å². The maximum absolute atomic E-state index is 8.38. The van der Waals surface area contributed by atoms with Crippen LogP contribution in [0.5, 0.6) is 0 Å². The lowest BCUT2D eigenvalue weighted by molar-refractivity contribution is 0.468. The van der Waals surface area contributed by atoms with E-state index in [9.17, 15) is 0 Å². The summed E-state index contributed by atoms with van der Waals surface area (Å²) in [5, 5.41) is 11.4. The van der Waals surface area contributed by atoms with Crippen LogP contribution in [0.2, 0.25) is 0 Å². The Morgan fingerprint density at radius 3 is 3.00 bits per heavy atom. The van der Waals surface area contributed by atoms with Gasteiger partial charge in [0.2, 0.25) is 12.2 Å². The van der Waals surface area contributed by atoms with Crippen LogP contribution in [-0.2, 0) is 12.3 Å². The Hall–Kier alpha value is -1.65. The van der Waals surface area contributed by atoms with Gasteiger partial charge in [0.15, 0.2) is 0 Å². The van der Waals surface area contributed by atoms with E-state index in [-0.39, 0.29) is 5.96 Å². The molecule has 0 bridgehead atoms. The Kier molecular flexibility index (Phi) is 6.85. The smallest absolute Gasteiger partial charge is 0.209 e. The Morgan fingerprint density at radius 2 is 2.32 bits per heavy atom. The summed E-state index contributed by atoms with van der Waals surface area (Å²) in [6.45, 7) is 1.49. The molecule has 0 saturated carbocycles. The first kappa shape index (κ1) is 15.4. The lowest BCUT2D eigenvalue weighted by atomic mass is 10.4. The molecule has 0 unspecified atom stereocenters. The van der Waals surface area contributed by atoms with E-state index in [0.29, 0.717) is 0 Å². The fraction of sp³-hybridized carbons (Fsp3) is 0.500. The van der Waals surface area contributed by atoms with Crippen molar-refractivity contribution >= 4 is 17.7 Å². The molecule has 0 aliphatic rings. The minimum absolute atomic E-state index is 0.248. The van der Waals surface area contributed by atoms with Crippen molar-refractivity contribution in [2.24, 2.45) is 10.7 Å². The van der Waals surface area contributed by atoms with Crippen LogP contribution < -0.4 is 11.1 Å². The van der Waals surface area contributed by atoms with Gasteiger partial charge >= 0.3 is 0 Å². The van der Waals surface area contributed by atoms with E-state index in [4.69, 9.17) is 15.4 Å². The Bertz CT molecular complexity index is 451. The van der Waals surface area contributed by atoms with Crippen molar-refractivity contribution < 1.29 is 4.42 Å². The van der Waals surface area contributed by atoms with Crippen LogP contribution in [0.25, 0.3) is 0 Å². The number of aliphatic imine (C=N–C) groups is 1. The van der Waals surface area contributed by atoms with Gasteiger partial charge in [0.1, 0.15) is 11.5 Å². The van der Waals surface area contributed by atoms with Gasteiger partial charge in [0.25, 0.3) is 0 Å². The summed E-state index contributed by atoms with van der Waals surface area (Å²) >= 11 is 1.75. The second-order valence-electron chi connectivity index (χ2n) is 3.94. The molecule has 0 aliphatic heterocycles. The summed E-state index contributed by atoms with van der Waals surface area (Å²) in [6.07, 6.45) is 1.67. The summed E-state index contributed by atoms with van der Waals surface area (Å²) in [7, 11) is 3.70. The number of rotatable bonds is 7. The molecule has 7 heteroatoms. The predicted octanol–water partition coefficient (Wildman–Crippen LogP) is 0.960. The van der Waals surface area contributed by atoms with Crippen molar-refractivity contribution in [3.05, 3.63) is 23.7 Å². The molecule has 0 amide bonds. The molecule has 0 saturated heterocycles. The molecule has 6 nitrogen and oxygen atoms in total. The number of hydrogen-bond acceptors (Lipinski definition) is 5. The number of furan rings is 1. The number of nitrogens with zero attached hydrogens (tertiary/aromatic N) is 3. The van der Waals surface area contributed by atoms with Crippen molar-refractivity contribution in [1.29, 1.82) is 5.26 Å². The van der Waals surface area contributed by atoms with Crippen molar-refractivity contribution in [3.63, 3.8) is 0 Å². The number of thioether (sulfide) groups is 1. The summed E-state index contributed by atoms with van der Waals surface area (Å²) < 4.78 is 5.63. The number of nitrogens with one attached hydrogen (secondary N) is 1. The molecular formula is C12H19N5OS. The predicted molar refractivity (Wildman–Crippen MR) is 77.5 cm³/mol. The van der Waals surface area contributed by atoms with E-state index < -0.39 is 0 Å². The molecule has 1 rings (SSSR count). The lowest BCUT2D eigenvalue weighted by Crippen LogP contribution is -2.35. The zero-order valence-corrected chi connectivity index (χ0v) is 12.0. The minimum Gasteiger partial charge on any atom is -0.464 e. The van der Waals surface area contributed by atoms with Crippen molar-refractivity contribution in [1.82, 2.24) is 10.2 Å². The first-order valence-corrected chi connectivity index (χ1v) is 7.06. The van der Waals surface area contributed by atoms with Gasteiger partial charge in [-0.25, -0.2) is 0 Å². The largest absolute Gasteiger partial charge is 0.464 e. The van der Waals surface area contributed by atoms with Gasteiger partial charge in [0, 0.05) is 19.3 Å². The van der Waals surface area contributed by atoms with Gasteiger partial charge in [-0.1, -0.05) is 0 Å². The van der Waals surface area contributed by atoms with Crippen LogP contribution >= 0.6 is 11.8 Å². The second kappa shape index (κ2) is 8.45. The third-order valence-electron chi connectivity index (χ3n) is 2.44. The monoisotopic (exact) mass is 281 g/mol. The third-order valence-corrected chi connectivity index (χ3v) is 3.40. The number of guanidine groups is 1. The van der Waals surface area contributed by atoms with Crippen molar-refractivity contribution in [2.75, 3.05) is 26.4 Å². The van der Waals surface area contributed by atoms with Gasteiger partial charge in [-0.3, -0.25) is 0 Å². The molecule has 19 heavy (non-hydrogen) atoms. The highest BCUT2D eigenvalue weighted by Crippen LogP contribution is 2.15. The molecule has 0 spiro atoms. The highest BCUT2D eigenvalue weighted by molar-refractivity contribution is 7.98. The molecular weight excluding hydrogens is 262 g/mol. The van der Waals surface area contributed by atoms with E-state index in [1.165, 1.54) is 0 Å². The number of nitriles is 1. The van der Waals surface area contributed by atoms with Crippen LogP contribution in [0.15, 0.2) is 21.5 Å². The maximum atomic E-state index is 8.38. The molecule has 1 aromatic heterocycles. The maximum Gasteiger partial charge on any atom is 0.209 e. The molecule has 0 aliphatic carbocycles. The SMILES string of the molecule is CNCc1ccc(CSCCN(C)C(N)=NC#N)o1. The van der Waals surface area contributed by atoms with E-state index >= 15 is 0 Å². The highest BCUT2D eigenvalue weighted by Gasteiger charge is 2.04. The molecule has 0 fully saturated rings. The Morgan fingerprint density at radius 1 is 1.58 bits per heavy atom. The van der Waals surface area contributed by atoms with Crippen molar-refractivity contribution in [2.45, 2.75) is 12.3 Å². The Labute approximate surface area is 117 Å². The summed E-state index contributed by atoms with van der Waals surface area (Å²) in [6, 6.07) is 3.98. The van der Waals surface area contributed by atoms with Gasteiger partial charge < -0.3 is 20.4 Å². The zero-order valence-electron chi connectivity index (χ0n) is 11.2. The molecule has 1 heterocycles. The standard InChI is InChI=1S/C12H19N5OS/c1-15-7-10-3-4-11(18-10)8-19-6-5-17(2)12(14)16-9-13/h3-4,15H,5-8H2,1-2H3,(H2,14,16). The fourth-order valence-corrected chi connectivity index (χ4v) is 2.30. The van der Waals surface area contributed by atoms with Crippen LogP contribution in [0.4, 0.5) is 0 Å². The lowest BCUT2D eigenvalue weighted by Gasteiger charge is -2.15. The van der Waals surface area contributed by atoms with Gasteiger partial charge in [0.05, 0.1) is 12.3 Å². The summed E-state index contributed by atoms with van der Waals surface area (Å²) in [4.78, 5) is 5.23. The highest BCUT2D eigenvalue weighted by atomic mass is 32.2. The normalized spacial score (nSPS) is 11.3. The van der Waals surface area contributed by atoms with Gasteiger partial charge in [-0.2, -0.15) is 17.0 Å². The van der Waals surface area contributed by atoms with E-state index in [1.807, 2.05) is 26.2 Å².